The van der Waals surface area contributed by atoms with Gasteiger partial charge < -0.3 is 0 Å². The average molecular weight is 437 g/mol. The van der Waals surface area contributed by atoms with Crippen molar-refractivity contribution in [1.29, 1.82) is 0 Å². The van der Waals surface area contributed by atoms with Crippen molar-refractivity contribution in [3.05, 3.63) is 23.8 Å². The van der Waals surface area contributed by atoms with Crippen molar-refractivity contribution < 1.29 is 4.79 Å². The second-order valence-corrected chi connectivity index (χ2v) is 15.2. The molecule has 0 N–H and O–H groups in total. The highest BCUT2D eigenvalue weighted by Crippen LogP contribution is 2.75. The summed E-state index contributed by atoms with van der Waals surface area (Å²) in [7, 11) is 0. The van der Waals surface area contributed by atoms with E-state index in [1.165, 1.54) is 51.4 Å². The summed E-state index contributed by atoms with van der Waals surface area (Å²) in [5, 5.41) is 0. The third-order valence-electron chi connectivity index (χ3n) is 12.9. The minimum absolute atomic E-state index is 0.0746. The maximum atomic E-state index is 13.2. The molecular weight excluding hydrogens is 388 g/mol. The molecule has 4 fully saturated rings. The number of rotatable bonds is 0. The molecule has 0 saturated heterocycles. The molecule has 0 aliphatic heterocycles. The summed E-state index contributed by atoms with van der Waals surface area (Å²) in [6, 6.07) is 0. The first-order valence-electron chi connectivity index (χ1n) is 13.5. The van der Waals surface area contributed by atoms with Crippen LogP contribution in [-0.4, -0.2) is 5.78 Å². The molecule has 0 bridgehead atoms. The molecule has 0 aromatic heterocycles. The highest BCUT2D eigenvalue weighted by atomic mass is 16.1. The SMILES string of the molecule is C=C1C(=O)CC2(C)C(CCC3(C)C2CC=C2C4CC(C)(C)CCC4(C)CC[C@]23C)C1(C)C. The Morgan fingerprint density at radius 2 is 1.53 bits per heavy atom. The fourth-order valence-corrected chi connectivity index (χ4v) is 10.3. The van der Waals surface area contributed by atoms with E-state index in [0.717, 1.165) is 11.5 Å². The molecular formula is C31H48O. The number of hydrogen-bond donors (Lipinski definition) is 0. The van der Waals surface area contributed by atoms with E-state index in [1.807, 2.05) is 5.57 Å². The topological polar surface area (TPSA) is 17.1 Å². The van der Waals surface area contributed by atoms with Crippen LogP contribution in [-0.2, 0) is 4.79 Å². The zero-order chi connectivity index (χ0) is 23.5. The van der Waals surface area contributed by atoms with E-state index in [0.29, 0.717) is 40.3 Å². The summed E-state index contributed by atoms with van der Waals surface area (Å²) < 4.78 is 0. The molecule has 5 aliphatic rings. The van der Waals surface area contributed by atoms with Gasteiger partial charge in [-0.2, -0.15) is 0 Å². The van der Waals surface area contributed by atoms with Crippen LogP contribution in [0.1, 0.15) is 113 Å². The monoisotopic (exact) mass is 436 g/mol. The summed E-state index contributed by atoms with van der Waals surface area (Å²) in [6.45, 7) is 24.3. The van der Waals surface area contributed by atoms with E-state index in [2.05, 4.69) is 68.0 Å². The molecule has 0 amide bonds. The lowest BCUT2D eigenvalue weighted by Gasteiger charge is -2.71. The summed E-state index contributed by atoms with van der Waals surface area (Å²) in [5.74, 6) is 2.25. The van der Waals surface area contributed by atoms with Crippen molar-refractivity contribution in [1.82, 2.24) is 0 Å². The number of Topliss-reactive ketones (excluding diaryl/α,β-unsaturated/α-hetero) is 1. The Hall–Kier alpha value is -0.850. The minimum atomic E-state index is -0.0746. The molecule has 6 unspecified atom stereocenters. The van der Waals surface area contributed by atoms with Crippen LogP contribution in [0.25, 0.3) is 0 Å². The fourth-order valence-electron chi connectivity index (χ4n) is 10.3. The van der Waals surface area contributed by atoms with E-state index in [1.54, 1.807) is 0 Å². The zero-order valence-corrected chi connectivity index (χ0v) is 22.3. The second-order valence-electron chi connectivity index (χ2n) is 15.2. The predicted octanol–water partition coefficient (Wildman–Crippen LogP) is 8.54. The number of carbonyl (C=O) groups excluding carboxylic acids is 1. The Balaban J connectivity index is 1.60. The van der Waals surface area contributed by atoms with Gasteiger partial charge in [0.15, 0.2) is 5.78 Å². The summed E-state index contributed by atoms with van der Waals surface area (Å²) >= 11 is 0. The summed E-state index contributed by atoms with van der Waals surface area (Å²) in [5.41, 5.74) is 4.26. The van der Waals surface area contributed by atoms with Crippen LogP contribution in [0.3, 0.4) is 0 Å². The lowest BCUT2D eigenvalue weighted by atomic mass is 9.33. The molecule has 7 atom stereocenters. The Labute approximate surface area is 197 Å². The molecule has 5 aliphatic carbocycles. The third-order valence-corrected chi connectivity index (χ3v) is 12.9. The number of allylic oxidation sites excluding steroid dienone is 3. The van der Waals surface area contributed by atoms with Gasteiger partial charge in [-0.3, -0.25) is 4.79 Å². The fraction of sp³-hybridized carbons (Fsp3) is 0.839. The van der Waals surface area contributed by atoms with Crippen molar-refractivity contribution in [2.24, 2.45) is 50.2 Å². The molecule has 1 heteroatoms. The van der Waals surface area contributed by atoms with Gasteiger partial charge in [0.05, 0.1) is 0 Å². The summed E-state index contributed by atoms with van der Waals surface area (Å²) in [4.78, 5) is 13.2. The first-order valence-corrected chi connectivity index (χ1v) is 13.5. The Bertz CT molecular complexity index is 903. The van der Waals surface area contributed by atoms with E-state index < -0.39 is 0 Å². The number of hydrogen-bond acceptors (Lipinski definition) is 1. The van der Waals surface area contributed by atoms with Crippen LogP contribution in [0.5, 0.6) is 0 Å². The van der Waals surface area contributed by atoms with Gasteiger partial charge in [0, 0.05) is 6.42 Å². The molecule has 0 aromatic rings. The number of carbonyl (C=O) groups is 1. The van der Waals surface area contributed by atoms with Crippen LogP contribution >= 0.6 is 0 Å². The van der Waals surface area contributed by atoms with E-state index in [9.17, 15) is 4.79 Å². The largest absolute Gasteiger partial charge is 0.295 e. The van der Waals surface area contributed by atoms with E-state index in [-0.39, 0.29) is 16.2 Å². The van der Waals surface area contributed by atoms with Crippen molar-refractivity contribution >= 4 is 5.78 Å². The molecule has 0 radical (unpaired) electrons. The van der Waals surface area contributed by atoms with Crippen molar-refractivity contribution in [3.63, 3.8) is 0 Å². The molecule has 5 rings (SSSR count). The van der Waals surface area contributed by atoms with Gasteiger partial charge in [0.1, 0.15) is 0 Å². The van der Waals surface area contributed by atoms with Gasteiger partial charge in [0.2, 0.25) is 0 Å². The van der Waals surface area contributed by atoms with Crippen LogP contribution in [0.2, 0.25) is 0 Å². The first-order chi connectivity index (χ1) is 14.6. The zero-order valence-electron chi connectivity index (χ0n) is 22.3. The van der Waals surface area contributed by atoms with E-state index in [4.69, 9.17) is 0 Å². The normalized spacial score (nSPS) is 51.6. The average Bonchev–Trinajstić information content (AvgIpc) is 2.68. The van der Waals surface area contributed by atoms with E-state index >= 15 is 0 Å². The number of fused-ring (bicyclic) bond motifs is 7. The van der Waals surface area contributed by atoms with Gasteiger partial charge in [0.25, 0.3) is 0 Å². The number of ketones is 1. The molecule has 0 aromatic carbocycles. The van der Waals surface area contributed by atoms with Gasteiger partial charge in [-0.15, -0.1) is 0 Å². The molecule has 1 nitrogen and oxygen atoms in total. The van der Waals surface area contributed by atoms with Gasteiger partial charge in [-0.1, -0.05) is 73.6 Å². The van der Waals surface area contributed by atoms with Gasteiger partial charge >= 0.3 is 0 Å². The van der Waals surface area contributed by atoms with Crippen LogP contribution in [0, 0.1) is 50.2 Å². The van der Waals surface area contributed by atoms with Crippen molar-refractivity contribution in [3.8, 4) is 0 Å². The molecule has 178 valence electrons. The Morgan fingerprint density at radius 1 is 0.875 bits per heavy atom. The lowest BCUT2D eigenvalue weighted by molar-refractivity contribution is -0.174. The third kappa shape index (κ3) is 2.66. The van der Waals surface area contributed by atoms with Gasteiger partial charge in [-0.25, -0.2) is 0 Å². The van der Waals surface area contributed by atoms with Gasteiger partial charge in [-0.05, 0) is 107 Å². The highest BCUT2D eigenvalue weighted by molar-refractivity contribution is 5.97. The molecule has 32 heavy (non-hydrogen) atoms. The lowest BCUT2D eigenvalue weighted by Crippen LogP contribution is -2.64. The maximum absolute atomic E-state index is 13.2. The maximum Gasteiger partial charge on any atom is 0.159 e. The smallest absolute Gasteiger partial charge is 0.159 e. The first kappa shape index (κ1) is 22.9. The standard InChI is InChI=1S/C31H48O/c1-20-23(32)19-29(7)24(27(20,4)5)12-13-31(9)25(29)11-10-21-22-18-26(2,3)14-15-28(22,6)16-17-30(21,31)8/h10,22,24-25H,1,11-19H2,2-9H3/t22?,24?,25?,28?,29?,30-,31?/m1/s1. The highest BCUT2D eigenvalue weighted by Gasteiger charge is 2.68. The Morgan fingerprint density at radius 3 is 2.22 bits per heavy atom. The van der Waals surface area contributed by atoms with Crippen LogP contribution in [0.4, 0.5) is 0 Å². The summed E-state index contributed by atoms with van der Waals surface area (Å²) in [6.07, 6.45) is 14.0. The van der Waals surface area contributed by atoms with Crippen LogP contribution in [0.15, 0.2) is 23.8 Å². The quantitative estimate of drug-likeness (QED) is 0.274. The minimum Gasteiger partial charge on any atom is -0.295 e. The predicted molar refractivity (Wildman–Crippen MR) is 134 cm³/mol. The van der Waals surface area contributed by atoms with Crippen LogP contribution < -0.4 is 0 Å². The second kappa shape index (κ2) is 6.42. The van der Waals surface area contributed by atoms with Crippen molar-refractivity contribution in [2.45, 2.75) is 113 Å². The Kier molecular flexibility index (Phi) is 4.60. The molecule has 0 spiro atoms. The molecule has 4 saturated carbocycles. The molecule has 0 heterocycles. The van der Waals surface area contributed by atoms with Crippen molar-refractivity contribution in [2.75, 3.05) is 0 Å².